The molecule has 0 aliphatic heterocycles. The molecule has 0 aromatic carbocycles. The van der Waals surface area contributed by atoms with Gasteiger partial charge in [-0.15, -0.1) is 0 Å². The third-order valence-corrected chi connectivity index (χ3v) is 2.50. The third-order valence-electron chi connectivity index (χ3n) is 1.84. The Hall–Kier alpha value is -1.20. The van der Waals surface area contributed by atoms with E-state index < -0.39 is 0 Å². The van der Waals surface area contributed by atoms with Crippen LogP contribution in [0.25, 0.3) is 11.5 Å². The largest absolute Gasteiger partial charge is 0.339 e. The Morgan fingerprint density at radius 2 is 2.29 bits per heavy atom. The van der Waals surface area contributed by atoms with Crippen molar-refractivity contribution in [1.29, 1.82) is 0 Å². The van der Waals surface area contributed by atoms with E-state index in [9.17, 15) is 0 Å². The molecule has 2 rings (SSSR count). The normalized spacial score (nSPS) is 10.4. The molecule has 0 aliphatic carbocycles. The van der Waals surface area contributed by atoms with Crippen LogP contribution in [-0.4, -0.2) is 15.0 Å². The van der Waals surface area contributed by atoms with E-state index in [0.717, 1.165) is 21.8 Å². The van der Waals surface area contributed by atoms with Gasteiger partial charge in [-0.05, 0) is 28.1 Å². The molecular weight excluding hydrogens is 244 g/mol. The maximum absolute atomic E-state index is 5.52. The maximum Gasteiger partial charge on any atom is 0.157 e. The summed E-state index contributed by atoms with van der Waals surface area (Å²) in [5, 5.41) is 0. The SMILES string of the molecule is NCc1[nH]c(-c2ccccn2)nc1Br. The second kappa shape index (κ2) is 3.89. The number of nitrogens with two attached hydrogens (primary N) is 1. The highest BCUT2D eigenvalue weighted by atomic mass is 79.9. The van der Waals surface area contributed by atoms with Gasteiger partial charge in [0.05, 0.1) is 5.69 Å². The minimum absolute atomic E-state index is 0.431. The molecule has 2 aromatic rings. The average Bonchev–Trinajstić information content (AvgIpc) is 2.61. The second-order valence-electron chi connectivity index (χ2n) is 2.77. The summed E-state index contributed by atoms with van der Waals surface area (Å²) in [5.74, 6) is 0.734. The van der Waals surface area contributed by atoms with Crippen molar-refractivity contribution < 1.29 is 0 Å². The van der Waals surface area contributed by atoms with Crippen LogP contribution in [0.2, 0.25) is 0 Å². The molecule has 0 fully saturated rings. The van der Waals surface area contributed by atoms with Crippen LogP contribution in [0.15, 0.2) is 29.0 Å². The Morgan fingerprint density at radius 1 is 1.43 bits per heavy atom. The first-order chi connectivity index (χ1) is 6.81. The van der Waals surface area contributed by atoms with Crippen LogP contribution in [0.1, 0.15) is 5.69 Å². The minimum atomic E-state index is 0.431. The predicted octanol–water partition coefficient (Wildman–Crippen LogP) is 1.69. The van der Waals surface area contributed by atoms with Gasteiger partial charge >= 0.3 is 0 Å². The highest BCUT2D eigenvalue weighted by Gasteiger charge is 2.07. The number of rotatable bonds is 2. The number of nitrogens with zero attached hydrogens (tertiary/aromatic N) is 2. The number of pyridine rings is 1. The highest BCUT2D eigenvalue weighted by Crippen LogP contribution is 2.19. The van der Waals surface area contributed by atoms with Crippen LogP contribution < -0.4 is 5.73 Å². The van der Waals surface area contributed by atoms with Crippen LogP contribution >= 0.6 is 15.9 Å². The van der Waals surface area contributed by atoms with E-state index in [2.05, 4.69) is 30.9 Å². The van der Waals surface area contributed by atoms with E-state index in [0.29, 0.717) is 6.54 Å². The lowest BCUT2D eigenvalue weighted by atomic mass is 10.3. The summed E-state index contributed by atoms with van der Waals surface area (Å²) in [7, 11) is 0. The first kappa shape index (κ1) is 9.36. The topological polar surface area (TPSA) is 67.6 Å². The molecule has 14 heavy (non-hydrogen) atoms. The number of aromatic amines is 1. The lowest BCUT2D eigenvalue weighted by Gasteiger charge is -1.93. The molecule has 0 saturated heterocycles. The molecule has 3 N–H and O–H groups in total. The summed E-state index contributed by atoms with van der Waals surface area (Å²) < 4.78 is 0.751. The van der Waals surface area contributed by atoms with Crippen molar-refractivity contribution in [2.75, 3.05) is 0 Å². The Kier molecular flexibility index (Phi) is 2.60. The lowest BCUT2D eigenvalue weighted by molar-refractivity contribution is 1.00. The molecular formula is C9H9BrN4. The van der Waals surface area contributed by atoms with Crippen molar-refractivity contribution >= 4 is 15.9 Å². The summed E-state index contributed by atoms with van der Waals surface area (Å²) in [6, 6.07) is 5.68. The van der Waals surface area contributed by atoms with Gasteiger partial charge in [-0.3, -0.25) is 4.98 Å². The van der Waals surface area contributed by atoms with Crippen molar-refractivity contribution in [2.24, 2.45) is 5.73 Å². The maximum atomic E-state index is 5.52. The fraction of sp³-hybridized carbons (Fsp3) is 0.111. The van der Waals surface area contributed by atoms with Crippen molar-refractivity contribution in [2.45, 2.75) is 6.54 Å². The summed E-state index contributed by atoms with van der Waals surface area (Å²) in [6.07, 6.45) is 1.73. The molecule has 0 radical (unpaired) electrons. The molecule has 0 atom stereocenters. The van der Waals surface area contributed by atoms with Gasteiger partial charge in [-0.1, -0.05) is 6.07 Å². The van der Waals surface area contributed by atoms with E-state index in [1.807, 2.05) is 18.2 Å². The summed E-state index contributed by atoms with van der Waals surface area (Å²) >= 11 is 3.32. The first-order valence-electron chi connectivity index (χ1n) is 4.17. The molecule has 0 unspecified atom stereocenters. The van der Waals surface area contributed by atoms with Gasteiger partial charge in [0.15, 0.2) is 5.82 Å². The zero-order valence-electron chi connectivity index (χ0n) is 7.37. The molecule has 0 aliphatic rings. The number of imidazole rings is 1. The number of H-pyrrole nitrogens is 1. The number of halogens is 1. The van der Waals surface area contributed by atoms with Gasteiger partial charge < -0.3 is 10.7 Å². The summed E-state index contributed by atoms with van der Waals surface area (Å²) in [5.41, 5.74) is 7.21. The number of aromatic nitrogens is 3. The Labute approximate surface area is 89.7 Å². The molecule has 0 bridgehead atoms. The van der Waals surface area contributed by atoms with Gasteiger partial charge in [0.2, 0.25) is 0 Å². The van der Waals surface area contributed by atoms with Crippen LogP contribution in [0.5, 0.6) is 0 Å². The standard InChI is InChI=1S/C9H9BrN4/c10-8-7(5-11)13-9(14-8)6-3-1-2-4-12-6/h1-4H,5,11H2,(H,13,14). The number of hydrogen-bond donors (Lipinski definition) is 2. The van der Waals surface area contributed by atoms with Crippen molar-refractivity contribution in [3.05, 3.63) is 34.7 Å². The molecule has 4 nitrogen and oxygen atoms in total. The zero-order chi connectivity index (χ0) is 9.97. The fourth-order valence-corrected chi connectivity index (χ4v) is 1.59. The third kappa shape index (κ3) is 1.69. The zero-order valence-corrected chi connectivity index (χ0v) is 8.95. The quantitative estimate of drug-likeness (QED) is 0.855. The van der Waals surface area contributed by atoms with E-state index in [1.165, 1.54) is 0 Å². The van der Waals surface area contributed by atoms with Crippen LogP contribution in [-0.2, 0) is 6.54 Å². The smallest absolute Gasteiger partial charge is 0.157 e. The monoisotopic (exact) mass is 252 g/mol. The van der Waals surface area contributed by atoms with Crippen molar-refractivity contribution in [3.63, 3.8) is 0 Å². The Bertz CT molecular complexity index is 424. The molecule has 72 valence electrons. The first-order valence-corrected chi connectivity index (χ1v) is 4.96. The number of nitrogens with one attached hydrogen (secondary N) is 1. The van der Waals surface area contributed by atoms with Crippen LogP contribution in [0, 0.1) is 0 Å². The van der Waals surface area contributed by atoms with E-state index in [1.54, 1.807) is 6.20 Å². The van der Waals surface area contributed by atoms with Crippen LogP contribution in [0.4, 0.5) is 0 Å². The highest BCUT2D eigenvalue weighted by molar-refractivity contribution is 9.10. The van der Waals surface area contributed by atoms with Gasteiger partial charge in [-0.25, -0.2) is 4.98 Å². The fourth-order valence-electron chi connectivity index (χ4n) is 1.15. The van der Waals surface area contributed by atoms with Crippen molar-refractivity contribution in [3.8, 4) is 11.5 Å². The van der Waals surface area contributed by atoms with Gasteiger partial charge in [-0.2, -0.15) is 0 Å². The van der Waals surface area contributed by atoms with E-state index in [-0.39, 0.29) is 0 Å². The van der Waals surface area contributed by atoms with Crippen molar-refractivity contribution in [1.82, 2.24) is 15.0 Å². The molecule has 0 spiro atoms. The molecule has 5 heteroatoms. The molecule has 0 amide bonds. The predicted molar refractivity (Wildman–Crippen MR) is 57.4 cm³/mol. The van der Waals surface area contributed by atoms with E-state index >= 15 is 0 Å². The minimum Gasteiger partial charge on any atom is -0.339 e. The summed E-state index contributed by atoms with van der Waals surface area (Å²) in [4.78, 5) is 11.6. The van der Waals surface area contributed by atoms with Gasteiger partial charge in [0.1, 0.15) is 10.3 Å². The lowest BCUT2D eigenvalue weighted by Crippen LogP contribution is -1.96. The summed E-state index contributed by atoms with van der Waals surface area (Å²) in [6.45, 7) is 0.431. The average molecular weight is 253 g/mol. The molecule has 2 aromatic heterocycles. The van der Waals surface area contributed by atoms with E-state index in [4.69, 9.17) is 5.73 Å². The molecule has 2 heterocycles. The van der Waals surface area contributed by atoms with Gasteiger partial charge in [0, 0.05) is 12.7 Å². The second-order valence-corrected chi connectivity index (χ2v) is 3.53. The van der Waals surface area contributed by atoms with Crippen LogP contribution in [0.3, 0.4) is 0 Å². The molecule has 0 saturated carbocycles. The number of hydrogen-bond acceptors (Lipinski definition) is 3. The Balaban J connectivity index is 2.43. The Morgan fingerprint density at radius 3 is 2.86 bits per heavy atom. The van der Waals surface area contributed by atoms with Gasteiger partial charge in [0.25, 0.3) is 0 Å².